The van der Waals surface area contributed by atoms with Crippen LogP contribution in [0.5, 0.6) is 0 Å². The Morgan fingerprint density at radius 2 is 1.48 bits per heavy atom. The largest absolute Gasteiger partial charge is 0.283 e. The third-order valence-electron chi connectivity index (χ3n) is 4.17. The first-order valence-electron chi connectivity index (χ1n) is 10.1. The smallest absolute Gasteiger partial charge is 0.258 e. The predicted molar refractivity (Wildman–Crippen MR) is 111 cm³/mol. The van der Waals surface area contributed by atoms with Crippen LogP contribution in [0.2, 0.25) is 0 Å². The molecule has 0 saturated carbocycles. The van der Waals surface area contributed by atoms with Crippen LogP contribution in [0.4, 0.5) is 0 Å². The Labute approximate surface area is 165 Å². The molecule has 0 fully saturated rings. The van der Waals surface area contributed by atoms with Gasteiger partial charge in [0.05, 0.1) is 0 Å². The molecule has 0 aliphatic heterocycles. The highest BCUT2D eigenvalue weighted by Crippen LogP contribution is 2.31. The summed E-state index contributed by atoms with van der Waals surface area (Å²) in [6, 6.07) is 0. The van der Waals surface area contributed by atoms with Crippen LogP contribution in [-0.2, 0) is 4.79 Å². The molecule has 0 aliphatic rings. The summed E-state index contributed by atoms with van der Waals surface area (Å²) < 4.78 is -1.05. The minimum Gasteiger partial charge on any atom is -0.283 e. The quantitative estimate of drug-likeness (QED) is 0.103. The second-order valence-electron chi connectivity index (χ2n) is 6.68. The Morgan fingerprint density at radius 1 is 0.920 bits per heavy atom. The van der Waals surface area contributed by atoms with Gasteiger partial charge in [0.15, 0.2) is 4.46 Å². The molecule has 0 aromatic carbocycles. The zero-order chi connectivity index (χ0) is 19.0. The molecule has 0 rings (SSSR count). The minimum atomic E-state index is -1.05. The number of rotatable bonds is 16. The first kappa shape index (κ1) is 24.8. The first-order valence-corrected chi connectivity index (χ1v) is 10.9. The van der Waals surface area contributed by atoms with E-state index in [2.05, 4.69) is 12.3 Å². The molecule has 0 bridgehead atoms. The maximum Gasteiger partial charge on any atom is 0.258 e. The van der Waals surface area contributed by atoms with Gasteiger partial charge >= 0.3 is 0 Å². The molecule has 25 heavy (non-hydrogen) atoms. The van der Waals surface area contributed by atoms with Crippen LogP contribution in [0.25, 0.3) is 0 Å². The fourth-order valence-electron chi connectivity index (χ4n) is 2.70. The number of unbranched alkanes of at least 4 members (excludes halogenated alkanes) is 8. The van der Waals surface area contributed by atoms with E-state index in [1.807, 2.05) is 19.9 Å². The van der Waals surface area contributed by atoms with Gasteiger partial charge in [-0.1, -0.05) is 101 Å². The molecule has 0 heterocycles. The van der Waals surface area contributed by atoms with Crippen LogP contribution in [0.15, 0.2) is 12.2 Å². The summed E-state index contributed by atoms with van der Waals surface area (Å²) in [5, 5.41) is 1.67. The number of halogens is 2. The summed E-state index contributed by atoms with van der Waals surface area (Å²) in [6.07, 6.45) is 17.0. The Kier molecular flexibility index (Phi) is 15.8. The summed E-state index contributed by atoms with van der Waals surface area (Å²) in [7, 11) is 0. The van der Waals surface area contributed by atoms with Gasteiger partial charge in [0.1, 0.15) is 0 Å². The van der Waals surface area contributed by atoms with E-state index in [9.17, 15) is 4.79 Å². The van der Waals surface area contributed by atoms with E-state index in [-0.39, 0.29) is 5.91 Å². The van der Waals surface area contributed by atoms with Crippen molar-refractivity contribution in [3.8, 4) is 0 Å². The third-order valence-corrected chi connectivity index (χ3v) is 4.96. The molecule has 0 saturated heterocycles. The highest BCUT2D eigenvalue weighted by Gasteiger charge is 2.32. The van der Waals surface area contributed by atoms with Gasteiger partial charge in [0.2, 0.25) is 0 Å². The van der Waals surface area contributed by atoms with Crippen LogP contribution < -0.4 is 5.43 Å². The van der Waals surface area contributed by atoms with Crippen LogP contribution in [0, 0.1) is 0 Å². The number of amides is 1. The molecule has 3 nitrogen and oxygen atoms in total. The van der Waals surface area contributed by atoms with Gasteiger partial charge in [-0.25, -0.2) is 0 Å². The van der Waals surface area contributed by atoms with E-state index in [0.29, 0.717) is 13.0 Å². The van der Waals surface area contributed by atoms with Crippen LogP contribution in [0.1, 0.15) is 97.8 Å². The van der Waals surface area contributed by atoms with Crippen molar-refractivity contribution in [3.05, 3.63) is 12.2 Å². The number of carbonyl (C=O) groups excluding carboxylic acids is 1. The summed E-state index contributed by atoms with van der Waals surface area (Å²) in [6.45, 7) is 6.92. The lowest BCUT2D eigenvalue weighted by Crippen LogP contribution is -2.51. The van der Waals surface area contributed by atoms with Crippen molar-refractivity contribution in [1.29, 1.82) is 0 Å². The van der Waals surface area contributed by atoms with Crippen molar-refractivity contribution in [3.63, 3.8) is 0 Å². The maximum absolute atomic E-state index is 11.9. The molecule has 5 heteroatoms. The Balaban J connectivity index is 4.09. The van der Waals surface area contributed by atoms with Gasteiger partial charge in [0.25, 0.3) is 5.91 Å². The van der Waals surface area contributed by atoms with E-state index in [0.717, 1.165) is 25.7 Å². The molecular formula is C20H38Cl2N2O. The number of hydrazine groups is 1. The zero-order valence-electron chi connectivity index (χ0n) is 16.5. The second kappa shape index (κ2) is 16.0. The van der Waals surface area contributed by atoms with E-state index in [4.69, 9.17) is 23.2 Å². The van der Waals surface area contributed by atoms with Crippen molar-refractivity contribution in [1.82, 2.24) is 10.4 Å². The number of allylic oxidation sites excluding steroid dienone is 1. The lowest BCUT2D eigenvalue weighted by molar-refractivity contribution is -0.122. The van der Waals surface area contributed by atoms with E-state index in [1.54, 1.807) is 5.01 Å². The first-order chi connectivity index (χ1) is 12.0. The number of alkyl halides is 2. The SMILES string of the molecule is CCC=CC(=O)NN(CCC)C(Cl)(Cl)CCCCCCCCCCC. The zero-order valence-corrected chi connectivity index (χ0v) is 18.0. The number of nitrogens with one attached hydrogen (secondary N) is 1. The highest BCUT2D eigenvalue weighted by molar-refractivity contribution is 6.48. The van der Waals surface area contributed by atoms with Crippen molar-refractivity contribution in [2.24, 2.45) is 0 Å². The molecule has 0 aliphatic carbocycles. The Bertz CT molecular complexity index is 360. The fraction of sp³-hybridized carbons (Fsp3) is 0.850. The minimum absolute atomic E-state index is 0.173. The van der Waals surface area contributed by atoms with Gasteiger partial charge in [-0.15, -0.1) is 0 Å². The molecule has 0 aromatic rings. The van der Waals surface area contributed by atoms with Crippen LogP contribution >= 0.6 is 23.2 Å². The standard InChI is InChI=1S/C20H38Cl2N2O/c1-4-7-9-10-11-12-13-14-15-17-20(21,22)24(18-6-3)23-19(25)16-8-5-2/h8,16H,4-7,9-15,17-18H2,1-3H3,(H,23,25). The van der Waals surface area contributed by atoms with Gasteiger partial charge in [-0.3, -0.25) is 10.2 Å². The lowest BCUT2D eigenvalue weighted by Gasteiger charge is -2.34. The molecule has 1 N–H and O–H groups in total. The van der Waals surface area contributed by atoms with Crippen molar-refractivity contribution in [2.45, 2.75) is 102 Å². The third kappa shape index (κ3) is 13.6. The average molecular weight is 393 g/mol. The Morgan fingerprint density at radius 3 is 2.00 bits per heavy atom. The summed E-state index contributed by atoms with van der Waals surface area (Å²) in [4.78, 5) is 11.9. The molecule has 0 unspecified atom stereocenters. The molecule has 0 aromatic heterocycles. The molecule has 0 radical (unpaired) electrons. The number of nitrogens with zero attached hydrogens (tertiary/aromatic N) is 1. The van der Waals surface area contributed by atoms with Gasteiger partial charge in [0, 0.05) is 12.6 Å². The normalized spacial score (nSPS) is 12.2. The lowest BCUT2D eigenvalue weighted by atomic mass is 10.1. The van der Waals surface area contributed by atoms with Crippen molar-refractivity contribution >= 4 is 29.1 Å². The second-order valence-corrected chi connectivity index (χ2v) is 8.13. The van der Waals surface area contributed by atoms with Gasteiger partial charge in [-0.2, -0.15) is 5.01 Å². The number of hydrogen-bond donors (Lipinski definition) is 1. The molecular weight excluding hydrogens is 355 g/mol. The monoisotopic (exact) mass is 392 g/mol. The Hall–Kier alpha value is -0.250. The molecule has 0 atom stereocenters. The summed E-state index contributed by atoms with van der Waals surface area (Å²) in [5.74, 6) is -0.173. The van der Waals surface area contributed by atoms with Gasteiger partial charge < -0.3 is 0 Å². The van der Waals surface area contributed by atoms with Crippen LogP contribution in [-0.4, -0.2) is 21.9 Å². The predicted octanol–water partition coefficient (Wildman–Crippen LogP) is 6.75. The van der Waals surface area contributed by atoms with Crippen molar-refractivity contribution in [2.75, 3.05) is 6.54 Å². The maximum atomic E-state index is 11.9. The highest BCUT2D eigenvalue weighted by atomic mass is 35.5. The number of carbonyl (C=O) groups is 1. The molecule has 148 valence electrons. The number of hydrogen-bond acceptors (Lipinski definition) is 2. The van der Waals surface area contributed by atoms with E-state index >= 15 is 0 Å². The van der Waals surface area contributed by atoms with E-state index < -0.39 is 4.46 Å². The summed E-state index contributed by atoms with van der Waals surface area (Å²) in [5.41, 5.74) is 2.82. The molecule has 0 spiro atoms. The molecule has 1 amide bonds. The van der Waals surface area contributed by atoms with E-state index in [1.165, 1.54) is 51.0 Å². The summed E-state index contributed by atoms with van der Waals surface area (Å²) >= 11 is 13.0. The van der Waals surface area contributed by atoms with Crippen LogP contribution in [0.3, 0.4) is 0 Å². The topological polar surface area (TPSA) is 32.3 Å². The van der Waals surface area contributed by atoms with Crippen molar-refractivity contribution < 1.29 is 4.79 Å². The van der Waals surface area contributed by atoms with Gasteiger partial charge in [-0.05, 0) is 25.7 Å². The average Bonchev–Trinajstić information content (AvgIpc) is 2.58. The fourth-order valence-corrected chi connectivity index (χ4v) is 3.22.